The molecule has 0 spiro atoms. The first kappa shape index (κ1) is 8.13. The molecule has 1 fully saturated rings. The predicted octanol–water partition coefficient (Wildman–Crippen LogP) is 1.51. The molecule has 0 aromatic carbocycles. The predicted molar refractivity (Wildman–Crippen MR) is 41.9 cm³/mol. The summed E-state index contributed by atoms with van der Waals surface area (Å²) in [6.45, 7) is 3.76. The van der Waals surface area contributed by atoms with Gasteiger partial charge in [0.2, 0.25) is 0 Å². The van der Waals surface area contributed by atoms with Crippen LogP contribution in [-0.4, -0.2) is 11.1 Å². The fraction of sp³-hybridized carbons (Fsp3) is 0.667. The van der Waals surface area contributed by atoms with Gasteiger partial charge in [-0.3, -0.25) is 4.79 Å². The van der Waals surface area contributed by atoms with Crippen molar-refractivity contribution in [1.29, 1.82) is 0 Å². The first-order chi connectivity index (χ1) is 5.10. The molecule has 1 N–H and O–H groups in total. The highest BCUT2D eigenvalue weighted by molar-refractivity contribution is 5.74. The standard InChI is InChI=1S/C9H12O2/c1-3-4-5-9(2)6-7(9)8(10)11/h7H,5-6H2,1-2H3,(H,10,11)/t7-,9+/m0/s1. The summed E-state index contributed by atoms with van der Waals surface area (Å²) in [5.41, 5.74) is -0.0329. The largest absolute Gasteiger partial charge is 0.481 e. The summed E-state index contributed by atoms with van der Waals surface area (Å²) >= 11 is 0. The van der Waals surface area contributed by atoms with Gasteiger partial charge < -0.3 is 5.11 Å². The van der Waals surface area contributed by atoms with Crippen molar-refractivity contribution >= 4 is 5.97 Å². The van der Waals surface area contributed by atoms with E-state index in [1.54, 1.807) is 6.92 Å². The van der Waals surface area contributed by atoms with Gasteiger partial charge in [-0.25, -0.2) is 0 Å². The Morgan fingerprint density at radius 1 is 1.82 bits per heavy atom. The first-order valence-electron chi connectivity index (χ1n) is 3.72. The zero-order valence-electron chi connectivity index (χ0n) is 6.85. The topological polar surface area (TPSA) is 37.3 Å². The highest BCUT2D eigenvalue weighted by Gasteiger charge is 2.54. The van der Waals surface area contributed by atoms with Crippen molar-refractivity contribution in [2.45, 2.75) is 26.7 Å². The van der Waals surface area contributed by atoms with Crippen LogP contribution in [0.25, 0.3) is 0 Å². The Morgan fingerprint density at radius 3 is 2.82 bits per heavy atom. The molecule has 60 valence electrons. The SMILES string of the molecule is CC#CC[C@]1(C)C[C@H]1C(=O)O. The molecule has 0 saturated heterocycles. The van der Waals surface area contributed by atoms with Crippen LogP contribution in [0.15, 0.2) is 0 Å². The third-order valence-electron chi connectivity index (χ3n) is 2.32. The van der Waals surface area contributed by atoms with Gasteiger partial charge in [-0.05, 0) is 18.8 Å². The van der Waals surface area contributed by atoms with Gasteiger partial charge in [-0.2, -0.15) is 0 Å². The molecule has 11 heavy (non-hydrogen) atoms. The Hall–Kier alpha value is -0.970. The Labute approximate surface area is 66.6 Å². The van der Waals surface area contributed by atoms with Crippen molar-refractivity contribution in [3.05, 3.63) is 0 Å². The highest BCUT2D eigenvalue weighted by atomic mass is 16.4. The molecule has 1 aliphatic rings. The summed E-state index contributed by atoms with van der Waals surface area (Å²) in [5, 5.41) is 8.64. The first-order valence-corrected chi connectivity index (χ1v) is 3.72. The molecule has 0 aromatic rings. The lowest BCUT2D eigenvalue weighted by molar-refractivity contribution is -0.139. The van der Waals surface area contributed by atoms with E-state index in [1.807, 2.05) is 6.92 Å². The molecule has 0 aliphatic heterocycles. The molecule has 1 saturated carbocycles. The van der Waals surface area contributed by atoms with Gasteiger partial charge >= 0.3 is 5.97 Å². The second kappa shape index (κ2) is 2.58. The van der Waals surface area contributed by atoms with Gasteiger partial charge in [0, 0.05) is 6.42 Å². The van der Waals surface area contributed by atoms with E-state index in [-0.39, 0.29) is 11.3 Å². The van der Waals surface area contributed by atoms with Gasteiger partial charge in [0.05, 0.1) is 5.92 Å². The van der Waals surface area contributed by atoms with Crippen LogP contribution < -0.4 is 0 Å². The Kier molecular flexibility index (Phi) is 1.90. The summed E-state index contributed by atoms with van der Waals surface area (Å²) in [5.74, 6) is 4.88. The molecule has 2 nitrogen and oxygen atoms in total. The van der Waals surface area contributed by atoms with Crippen LogP contribution in [0.4, 0.5) is 0 Å². The third kappa shape index (κ3) is 1.54. The normalized spacial score (nSPS) is 33.8. The summed E-state index contributed by atoms with van der Waals surface area (Å²) in [4.78, 5) is 10.5. The Balaban J connectivity index is 2.47. The van der Waals surface area contributed by atoms with E-state index in [4.69, 9.17) is 5.11 Å². The molecule has 0 heterocycles. The zero-order valence-corrected chi connectivity index (χ0v) is 6.85. The minimum absolute atomic E-state index is 0.0329. The molecule has 0 aromatic heterocycles. The maximum absolute atomic E-state index is 10.5. The van der Waals surface area contributed by atoms with Gasteiger partial charge in [0.15, 0.2) is 0 Å². The highest BCUT2D eigenvalue weighted by Crippen LogP contribution is 2.54. The van der Waals surface area contributed by atoms with Crippen LogP contribution in [0, 0.1) is 23.2 Å². The molecule has 0 unspecified atom stereocenters. The third-order valence-corrected chi connectivity index (χ3v) is 2.32. The van der Waals surface area contributed by atoms with Crippen LogP contribution >= 0.6 is 0 Å². The van der Waals surface area contributed by atoms with Crippen LogP contribution in [0.3, 0.4) is 0 Å². The number of aliphatic carboxylic acids is 1. The van der Waals surface area contributed by atoms with Crippen LogP contribution in [-0.2, 0) is 4.79 Å². The van der Waals surface area contributed by atoms with Gasteiger partial charge in [-0.15, -0.1) is 11.8 Å². The zero-order chi connectivity index (χ0) is 8.48. The minimum Gasteiger partial charge on any atom is -0.481 e. The summed E-state index contributed by atoms with van der Waals surface area (Å²) in [6, 6.07) is 0. The van der Waals surface area contributed by atoms with E-state index in [0.29, 0.717) is 0 Å². The second-order valence-corrected chi connectivity index (χ2v) is 3.35. The molecule has 2 atom stereocenters. The molecule has 1 aliphatic carbocycles. The van der Waals surface area contributed by atoms with Crippen LogP contribution in [0.2, 0.25) is 0 Å². The smallest absolute Gasteiger partial charge is 0.307 e. The number of carboxylic acid groups (broad SMARTS) is 1. The molecular weight excluding hydrogens is 140 g/mol. The quantitative estimate of drug-likeness (QED) is 0.609. The molecule has 0 radical (unpaired) electrons. The van der Waals surface area contributed by atoms with Crippen molar-refractivity contribution in [3.8, 4) is 11.8 Å². The monoisotopic (exact) mass is 152 g/mol. The van der Waals surface area contributed by atoms with E-state index in [1.165, 1.54) is 0 Å². The van der Waals surface area contributed by atoms with Crippen molar-refractivity contribution in [2.24, 2.45) is 11.3 Å². The maximum Gasteiger partial charge on any atom is 0.307 e. The van der Waals surface area contributed by atoms with E-state index in [9.17, 15) is 4.79 Å². The Bertz CT molecular complexity index is 234. The van der Waals surface area contributed by atoms with Crippen molar-refractivity contribution in [2.75, 3.05) is 0 Å². The van der Waals surface area contributed by atoms with Crippen molar-refractivity contribution in [3.63, 3.8) is 0 Å². The second-order valence-electron chi connectivity index (χ2n) is 3.35. The Morgan fingerprint density at radius 2 is 2.45 bits per heavy atom. The van der Waals surface area contributed by atoms with Crippen LogP contribution in [0.1, 0.15) is 26.7 Å². The number of hydrogen-bond donors (Lipinski definition) is 1. The lowest BCUT2D eigenvalue weighted by Gasteiger charge is -2.01. The summed E-state index contributed by atoms with van der Waals surface area (Å²) in [6.07, 6.45) is 1.51. The summed E-state index contributed by atoms with van der Waals surface area (Å²) in [7, 11) is 0. The number of carboxylic acids is 1. The lowest BCUT2D eigenvalue weighted by Crippen LogP contribution is -2.05. The van der Waals surface area contributed by atoms with Crippen LogP contribution in [0.5, 0.6) is 0 Å². The average molecular weight is 152 g/mol. The van der Waals surface area contributed by atoms with E-state index in [2.05, 4.69) is 11.8 Å². The minimum atomic E-state index is -0.676. The fourth-order valence-corrected chi connectivity index (χ4v) is 1.28. The van der Waals surface area contributed by atoms with Gasteiger partial charge in [0.25, 0.3) is 0 Å². The lowest BCUT2D eigenvalue weighted by atomic mass is 10.0. The van der Waals surface area contributed by atoms with Crippen molar-refractivity contribution < 1.29 is 9.90 Å². The summed E-state index contributed by atoms with van der Waals surface area (Å²) < 4.78 is 0. The van der Waals surface area contributed by atoms with Gasteiger partial charge in [0.1, 0.15) is 0 Å². The molecule has 0 amide bonds. The molecule has 2 heteroatoms. The van der Waals surface area contributed by atoms with E-state index >= 15 is 0 Å². The molecular formula is C9H12O2. The number of hydrogen-bond acceptors (Lipinski definition) is 1. The van der Waals surface area contributed by atoms with Gasteiger partial charge in [-0.1, -0.05) is 6.92 Å². The number of rotatable bonds is 2. The van der Waals surface area contributed by atoms with E-state index < -0.39 is 5.97 Å². The average Bonchev–Trinajstić information content (AvgIpc) is 2.60. The van der Waals surface area contributed by atoms with E-state index in [0.717, 1.165) is 12.8 Å². The fourth-order valence-electron chi connectivity index (χ4n) is 1.28. The number of carbonyl (C=O) groups is 1. The maximum atomic E-state index is 10.5. The van der Waals surface area contributed by atoms with Crippen molar-refractivity contribution in [1.82, 2.24) is 0 Å². The molecule has 0 bridgehead atoms. The molecule has 1 rings (SSSR count).